The molecule has 0 amide bonds. The molecule has 2 heterocycles. The van der Waals surface area contributed by atoms with Gasteiger partial charge in [-0.05, 0) is 31.4 Å². The largest absolute Gasteiger partial charge is 0.478 e. The van der Waals surface area contributed by atoms with Crippen LogP contribution in [0.3, 0.4) is 0 Å². The summed E-state index contributed by atoms with van der Waals surface area (Å²) in [4.78, 5) is 15.3. The van der Waals surface area contributed by atoms with Crippen molar-refractivity contribution < 1.29 is 9.90 Å². The van der Waals surface area contributed by atoms with Gasteiger partial charge in [0.1, 0.15) is 5.56 Å². The van der Waals surface area contributed by atoms with Crippen LogP contribution in [0.2, 0.25) is 0 Å². The summed E-state index contributed by atoms with van der Waals surface area (Å²) < 4.78 is 1.76. The van der Waals surface area contributed by atoms with Gasteiger partial charge in [0, 0.05) is 30.7 Å². The Kier molecular flexibility index (Phi) is 2.38. The third-order valence-corrected chi connectivity index (χ3v) is 3.49. The maximum absolute atomic E-state index is 11.2. The molecule has 2 N–H and O–H groups in total. The average Bonchev–Trinajstić information content (AvgIpc) is 2.90. The summed E-state index contributed by atoms with van der Waals surface area (Å²) >= 11 is 0. The van der Waals surface area contributed by atoms with Gasteiger partial charge in [-0.3, -0.25) is 0 Å². The van der Waals surface area contributed by atoms with Crippen molar-refractivity contribution in [1.82, 2.24) is 14.7 Å². The van der Waals surface area contributed by atoms with Crippen LogP contribution in [0.15, 0.2) is 24.7 Å². The van der Waals surface area contributed by atoms with Crippen molar-refractivity contribution in [2.24, 2.45) is 0 Å². The molecule has 0 bridgehead atoms. The third-order valence-electron chi connectivity index (χ3n) is 3.49. The Hall–Kier alpha value is -1.88. The standard InChI is InChI=1S/C13H15N3O2/c1-13(2-3-13)15-7-9-6-10(12(17)18)11-14-4-5-16(11)8-9/h4-6,8,15H,2-3,7H2,1H3,(H,17,18). The number of aromatic nitrogens is 2. The van der Waals surface area contributed by atoms with Gasteiger partial charge in [-0.25, -0.2) is 9.78 Å². The number of carboxylic acids is 1. The number of rotatable bonds is 4. The number of nitrogens with zero attached hydrogens (tertiary/aromatic N) is 2. The highest BCUT2D eigenvalue weighted by molar-refractivity contribution is 5.94. The van der Waals surface area contributed by atoms with E-state index in [4.69, 9.17) is 0 Å². The fourth-order valence-corrected chi connectivity index (χ4v) is 2.03. The number of imidazole rings is 1. The number of carboxylic acid groups (broad SMARTS) is 1. The van der Waals surface area contributed by atoms with Gasteiger partial charge in [-0.1, -0.05) is 0 Å². The van der Waals surface area contributed by atoms with Crippen LogP contribution in [-0.4, -0.2) is 26.0 Å². The van der Waals surface area contributed by atoms with E-state index in [2.05, 4.69) is 17.2 Å². The molecule has 5 heteroatoms. The predicted octanol–water partition coefficient (Wildman–Crippen LogP) is 1.67. The quantitative estimate of drug-likeness (QED) is 0.860. The lowest BCUT2D eigenvalue weighted by molar-refractivity contribution is 0.0698. The molecular weight excluding hydrogens is 230 g/mol. The highest BCUT2D eigenvalue weighted by Crippen LogP contribution is 2.34. The van der Waals surface area contributed by atoms with E-state index >= 15 is 0 Å². The average molecular weight is 245 g/mol. The van der Waals surface area contributed by atoms with Crippen LogP contribution >= 0.6 is 0 Å². The first-order valence-corrected chi connectivity index (χ1v) is 6.01. The van der Waals surface area contributed by atoms with E-state index < -0.39 is 5.97 Å². The van der Waals surface area contributed by atoms with E-state index in [9.17, 15) is 9.90 Å². The highest BCUT2D eigenvalue weighted by atomic mass is 16.4. The van der Waals surface area contributed by atoms with Crippen LogP contribution < -0.4 is 5.32 Å². The van der Waals surface area contributed by atoms with E-state index in [0.717, 1.165) is 5.56 Å². The van der Waals surface area contributed by atoms with Gasteiger partial charge in [-0.2, -0.15) is 0 Å². The Morgan fingerprint density at radius 1 is 1.61 bits per heavy atom. The van der Waals surface area contributed by atoms with E-state index in [-0.39, 0.29) is 11.1 Å². The predicted molar refractivity (Wildman–Crippen MR) is 66.6 cm³/mol. The van der Waals surface area contributed by atoms with Crippen LogP contribution in [0.25, 0.3) is 5.65 Å². The molecule has 0 aromatic carbocycles. The van der Waals surface area contributed by atoms with Gasteiger partial charge in [0.2, 0.25) is 0 Å². The van der Waals surface area contributed by atoms with Crippen molar-refractivity contribution in [3.63, 3.8) is 0 Å². The highest BCUT2D eigenvalue weighted by Gasteiger charge is 2.36. The van der Waals surface area contributed by atoms with Crippen molar-refractivity contribution in [2.45, 2.75) is 31.8 Å². The molecule has 1 aliphatic rings. The lowest BCUT2D eigenvalue weighted by atomic mass is 10.2. The fourth-order valence-electron chi connectivity index (χ4n) is 2.03. The van der Waals surface area contributed by atoms with Crippen molar-refractivity contribution in [1.29, 1.82) is 0 Å². The second-order valence-corrected chi connectivity index (χ2v) is 5.14. The Labute approximate surface area is 104 Å². The van der Waals surface area contributed by atoms with Crippen LogP contribution in [0.5, 0.6) is 0 Å². The van der Waals surface area contributed by atoms with E-state index in [1.54, 1.807) is 22.9 Å². The van der Waals surface area contributed by atoms with Gasteiger partial charge in [-0.15, -0.1) is 0 Å². The zero-order valence-electron chi connectivity index (χ0n) is 10.2. The molecule has 0 unspecified atom stereocenters. The number of fused-ring (bicyclic) bond motifs is 1. The summed E-state index contributed by atoms with van der Waals surface area (Å²) in [5, 5.41) is 12.6. The molecule has 0 aliphatic heterocycles. The Morgan fingerprint density at radius 3 is 3.06 bits per heavy atom. The number of nitrogens with one attached hydrogen (secondary N) is 1. The van der Waals surface area contributed by atoms with Crippen LogP contribution in [-0.2, 0) is 6.54 Å². The van der Waals surface area contributed by atoms with E-state index in [0.29, 0.717) is 12.2 Å². The first-order valence-electron chi connectivity index (χ1n) is 6.01. The molecule has 1 aliphatic carbocycles. The molecule has 3 rings (SSSR count). The Morgan fingerprint density at radius 2 is 2.39 bits per heavy atom. The molecule has 5 nitrogen and oxygen atoms in total. The lowest BCUT2D eigenvalue weighted by Crippen LogP contribution is -2.27. The number of carbonyl (C=O) groups is 1. The molecule has 1 saturated carbocycles. The van der Waals surface area contributed by atoms with Gasteiger partial charge < -0.3 is 14.8 Å². The fraction of sp³-hybridized carbons (Fsp3) is 0.385. The number of hydrogen-bond donors (Lipinski definition) is 2. The van der Waals surface area contributed by atoms with Gasteiger partial charge >= 0.3 is 5.97 Å². The lowest BCUT2D eigenvalue weighted by Gasteiger charge is -2.12. The first-order chi connectivity index (χ1) is 8.57. The summed E-state index contributed by atoms with van der Waals surface area (Å²) in [7, 11) is 0. The number of pyridine rings is 1. The maximum Gasteiger partial charge on any atom is 0.339 e. The summed E-state index contributed by atoms with van der Waals surface area (Å²) in [6, 6.07) is 1.70. The second kappa shape index (κ2) is 3.81. The molecule has 0 spiro atoms. The topological polar surface area (TPSA) is 66.6 Å². The van der Waals surface area contributed by atoms with Crippen LogP contribution in [0.4, 0.5) is 0 Å². The van der Waals surface area contributed by atoms with Crippen LogP contribution in [0.1, 0.15) is 35.7 Å². The molecule has 94 valence electrons. The third kappa shape index (κ3) is 1.97. The van der Waals surface area contributed by atoms with Crippen molar-refractivity contribution >= 4 is 11.6 Å². The zero-order chi connectivity index (χ0) is 12.8. The summed E-state index contributed by atoms with van der Waals surface area (Å²) in [5.74, 6) is -0.939. The molecule has 1 fully saturated rings. The number of aromatic carboxylic acids is 1. The molecule has 0 saturated heterocycles. The van der Waals surface area contributed by atoms with Crippen molar-refractivity contribution in [3.8, 4) is 0 Å². The minimum absolute atomic E-state index is 0.243. The molecular formula is C13H15N3O2. The molecule has 0 atom stereocenters. The molecule has 0 radical (unpaired) electrons. The Bertz CT molecular complexity index is 614. The molecule has 18 heavy (non-hydrogen) atoms. The van der Waals surface area contributed by atoms with E-state index in [1.807, 2.05) is 6.20 Å². The minimum Gasteiger partial charge on any atom is -0.478 e. The SMILES string of the molecule is CC1(NCc2cc(C(=O)O)c3nccn3c2)CC1. The minimum atomic E-state index is -0.939. The normalized spacial score (nSPS) is 16.9. The monoisotopic (exact) mass is 245 g/mol. The van der Waals surface area contributed by atoms with E-state index in [1.165, 1.54) is 12.8 Å². The maximum atomic E-state index is 11.2. The summed E-state index contributed by atoms with van der Waals surface area (Å²) in [5.41, 5.74) is 1.95. The summed E-state index contributed by atoms with van der Waals surface area (Å²) in [6.45, 7) is 2.87. The van der Waals surface area contributed by atoms with Gasteiger partial charge in [0.05, 0.1) is 0 Å². The number of hydrogen-bond acceptors (Lipinski definition) is 3. The Balaban J connectivity index is 1.94. The first kappa shape index (κ1) is 11.2. The molecule has 2 aromatic rings. The summed E-state index contributed by atoms with van der Waals surface area (Å²) in [6.07, 6.45) is 7.68. The van der Waals surface area contributed by atoms with Crippen molar-refractivity contribution in [2.75, 3.05) is 0 Å². The second-order valence-electron chi connectivity index (χ2n) is 5.14. The van der Waals surface area contributed by atoms with Crippen molar-refractivity contribution in [3.05, 3.63) is 35.8 Å². The smallest absolute Gasteiger partial charge is 0.339 e. The molecule has 2 aromatic heterocycles. The van der Waals surface area contributed by atoms with Gasteiger partial charge in [0.15, 0.2) is 5.65 Å². The van der Waals surface area contributed by atoms with Crippen LogP contribution in [0, 0.1) is 0 Å². The zero-order valence-corrected chi connectivity index (χ0v) is 10.2. The van der Waals surface area contributed by atoms with Gasteiger partial charge in [0.25, 0.3) is 0 Å².